The normalized spacial score (nSPS) is 10.9. The van der Waals surface area contributed by atoms with E-state index in [2.05, 4.69) is 18.2 Å². The van der Waals surface area contributed by atoms with Crippen LogP contribution in [0.15, 0.2) is 0 Å². The zero-order valence-electron chi connectivity index (χ0n) is 9.88. The molecule has 0 aromatic heterocycles. The zero-order valence-corrected chi connectivity index (χ0v) is 9.88. The Balaban J connectivity index is 3.18. The van der Waals surface area contributed by atoms with E-state index in [1.807, 2.05) is 14.1 Å². The second-order valence-electron chi connectivity index (χ2n) is 4.06. The molecule has 2 heteroatoms. The average Bonchev–Trinajstić information content (AvgIpc) is 2.14. The summed E-state index contributed by atoms with van der Waals surface area (Å²) in [6.45, 7) is 3.07. The van der Waals surface area contributed by atoms with Gasteiger partial charge in [-0.15, -0.1) is 0 Å². The van der Waals surface area contributed by atoms with Gasteiger partial charge in [0.1, 0.15) is 5.78 Å². The molecule has 14 heavy (non-hydrogen) atoms. The summed E-state index contributed by atoms with van der Waals surface area (Å²) in [7, 11) is 4.00. The van der Waals surface area contributed by atoms with E-state index in [0.29, 0.717) is 12.2 Å². The first kappa shape index (κ1) is 13.6. The Labute approximate surface area is 88.7 Å². The maximum Gasteiger partial charge on any atom is 0.134 e. The van der Waals surface area contributed by atoms with Crippen LogP contribution in [0.4, 0.5) is 0 Å². The van der Waals surface area contributed by atoms with E-state index in [1.165, 1.54) is 12.8 Å². The Morgan fingerprint density at radius 2 is 1.93 bits per heavy atom. The molecule has 0 aromatic carbocycles. The Hall–Kier alpha value is -0.370. The minimum Gasteiger partial charge on any atom is -0.309 e. The van der Waals surface area contributed by atoms with E-state index in [1.54, 1.807) is 0 Å². The maximum atomic E-state index is 11.3. The van der Waals surface area contributed by atoms with Gasteiger partial charge in [0, 0.05) is 19.4 Å². The molecule has 0 amide bonds. The third kappa shape index (κ3) is 9.72. The van der Waals surface area contributed by atoms with Gasteiger partial charge in [-0.1, -0.05) is 19.8 Å². The lowest BCUT2D eigenvalue weighted by Gasteiger charge is -2.07. The van der Waals surface area contributed by atoms with Crippen LogP contribution in [-0.4, -0.2) is 31.3 Å². The van der Waals surface area contributed by atoms with Gasteiger partial charge in [-0.05, 0) is 33.4 Å². The Morgan fingerprint density at radius 1 is 1.21 bits per heavy atom. The summed E-state index contributed by atoms with van der Waals surface area (Å²) in [4.78, 5) is 13.4. The average molecular weight is 198 g/mol. The highest BCUT2D eigenvalue weighted by Crippen LogP contribution is 2.05. The molecule has 0 N–H and O–H groups in total. The summed E-state index contributed by atoms with van der Waals surface area (Å²) >= 11 is 0. The van der Waals surface area contributed by atoms with Crippen molar-refractivity contribution in [3.63, 3.8) is 0 Å². The lowest BCUT2D eigenvalue weighted by molar-refractivity contribution is -0.119. The maximum absolute atomic E-state index is 11.3. The van der Waals surface area contributed by atoms with E-state index in [4.69, 9.17) is 0 Å². The Kier molecular flexibility index (Phi) is 8.95. The Bertz CT molecular complexity index is 143. The molecule has 0 heterocycles. The standard InChI is InChI=1S/C12H24NO/c1-4-5-6-7-8-9-12(14)10-11-13(2)3/h6H,4-5,7-11H2,1-3H3. The summed E-state index contributed by atoms with van der Waals surface area (Å²) in [6, 6.07) is 0. The van der Waals surface area contributed by atoms with Crippen molar-refractivity contribution in [2.24, 2.45) is 0 Å². The lowest BCUT2D eigenvalue weighted by Crippen LogP contribution is -2.16. The van der Waals surface area contributed by atoms with Crippen molar-refractivity contribution in [1.82, 2.24) is 4.90 Å². The van der Waals surface area contributed by atoms with Crippen molar-refractivity contribution in [1.29, 1.82) is 0 Å². The van der Waals surface area contributed by atoms with Crippen LogP contribution in [0.2, 0.25) is 0 Å². The molecule has 0 aliphatic heterocycles. The summed E-state index contributed by atoms with van der Waals surface area (Å²) in [6.07, 6.45) is 8.29. The van der Waals surface area contributed by atoms with Crippen molar-refractivity contribution < 1.29 is 4.79 Å². The highest BCUT2D eigenvalue weighted by Gasteiger charge is 2.01. The molecule has 0 rings (SSSR count). The summed E-state index contributed by atoms with van der Waals surface area (Å²) in [5.74, 6) is 0.406. The number of nitrogens with zero attached hydrogens (tertiary/aromatic N) is 1. The molecule has 0 aromatic rings. The fourth-order valence-electron chi connectivity index (χ4n) is 1.27. The van der Waals surface area contributed by atoms with Crippen LogP contribution >= 0.6 is 0 Å². The van der Waals surface area contributed by atoms with E-state index < -0.39 is 0 Å². The van der Waals surface area contributed by atoms with Crippen LogP contribution in [0.5, 0.6) is 0 Å². The molecule has 2 nitrogen and oxygen atoms in total. The lowest BCUT2D eigenvalue weighted by atomic mass is 10.1. The molecule has 0 saturated heterocycles. The fourth-order valence-corrected chi connectivity index (χ4v) is 1.27. The van der Waals surface area contributed by atoms with Crippen molar-refractivity contribution in [2.45, 2.75) is 45.4 Å². The van der Waals surface area contributed by atoms with Gasteiger partial charge in [-0.2, -0.15) is 0 Å². The van der Waals surface area contributed by atoms with Crippen molar-refractivity contribution in [3.8, 4) is 0 Å². The third-order valence-corrected chi connectivity index (χ3v) is 2.19. The number of hydrogen-bond acceptors (Lipinski definition) is 2. The summed E-state index contributed by atoms with van der Waals surface area (Å²) in [5, 5.41) is 0. The first-order valence-corrected chi connectivity index (χ1v) is 5.65. The Morgan fingerprint density at radius 3 is 2.50 bits per heavy atom. The van der Waals surface area contributed by atoms with Crippen molar-refractivity contribution in [3.05, 3.63) is 6.42 Å². The van der Waals surface area contributed by atoms with Gasteiger partial charge in [0.25, 0.3) is 0 Å². The molecule has 0 saturated carbocycles. The van der Waals surface area contributed by atoms with Crippen molar-refractivity contribution in [2.75, 3.05) is 20.6 Å². The smallest absolute Gasteiger partial charge is 0.134 e. The largest absolute Gasteiger partial charge is 0.309 e. The van der Waals surface area contributed by atoms with Gasteiger partial charge in [0.15, 0.2) is 0 Å². The number of ketones is 1. The minimum atomic E-state index is 0.406. The number of unbranched alkanes of at least 4 members (excludes halogenated alkanes) is 4. The number of hydrogen-bond donors (Lipinski definition) is 0. The predicted molar refractivity (Wildman–Crippen MR) is 61.2 cm³/mol. The second kappa shape index (κ2) is 9.20. The van der Waals surface area contributed by atoms with Crippen LogP contribution in [-0.2, 0) is 4.79 Å². The molecule has 0 aliphatic rings. The van der Waals surface area contributed by atoms with Crippen LogP contribution in [0.3, 0.4) is 0 Å². The zero-order chi connectivity index (χ0) is 10.8. The number of carbonyl (C=O) groups is 1. The minimum absolute atomic E-state index is 0.406. The summed E-state index contributed by atoms with van der Waals surface area (Å²) < 4.78 is 0. The molecule has 0 unspecified atom stereocenters. The molecule has 83 valence electrons. The highest BCUT2D eigenvalue weighted by atomic mass is 16.1. The van der Waals surface area contributed by atoms with Gasteiger partial charge < -0.3 is 4.90 Å². The number of carbonyl (C=O) groups excluding carboxylic acids is 1. The first-order valence-electron chi connectivity index (χ1n) is 5.65. The van der Waals surface area contributed by atoms with E-state index >= 15 is 0 Å². The fraction of sp³-hybridized carbons (Fsp3) is 0.833. The molecule has 0 aliphatic carbocycles. The van der Waals surface area contributed by atoms with E-state index in [-0.39, 0.29) is 0 Å². The highest BCUT2D eigenvalue weighted by molar-refractivity contribution is 5.78. The first-order chi connectivity index (χ1) is 6.66. The van der Waals surface area contributed by atoms with Crippen LogP contribution in [0.1, 0.15) is 45.4 Å². The van der Waals surface area contributed by atoms with Gasteiger partial charge in [0.2, 0.25) is 0 Å². The number of rotatable bonds is 9. The molecular formula is C12H24NO. The molecule has 0 spiro atoms. The molecule has 0 fully saturated rings. The summed E-state index contributed by atoms with van der Waals surface area (Å²) in [5.41, 5.74) is 0. The monoisotopic (exact) mass is 198 g/mol. The predicted octanol–water partition coefficient (Wildman–Crippen LogP) is 2.68. The topological polar surface area (TPSA) is 20.3 Å². The third-order valence-electron chi connectivity index (χ3n) is 2.19. The van der Waals surface area contributed by atoms with Crippen LogP contribution in [0.25, 0.3) is 0 Å². The molecule has 1 radical (unpaired) electrons. The van der Waals surface area contributed by atoms with Gasteiger partial charge in [-0.3, -0.25) is 4.79 Å². The van der Waals surface area contributed by atoms with Gasteiger partial charge >= 0.3 is 0 Å². The van der Waals surface area contributed by atoms with Gasteiger partial charge in [-0.25, -0.2) is 0 Å². The van der Waals surface area contributed by atoms with E-state index in [9.17, 15) is 4.79 Å². The van der Waals surface area contributed by atoms with Crippen molar-refractivity contribution >= 4 is 5.78 Å². The quantitative estimate of drug-likeness (QED) is 0.531. The second-order valence-corrected chi connectivity index (χ2v) is 4.06. The van der Waals surface area contributed by atoms with Gasteiger partial charge in [0.05, 0.1) is 0 Å². The number of Topliss-reactive ketones (excluding diaryl/α,β-unsaturated/α-hetero) is 1. The van der Waals surface area contributed by atoms with Crippen LogP contribution < -0.4 is 0 Å². The molecule has 0 atom stereocenters. The van der Waals surface area contributed by atoms with Crippen LogP contribution in [0, 0.1) is 6.42 Å². The molecule has 0 bridgehead atoms. The van der Waals surface area contributed by atoms with E-state index in [0.717, 1.165) is 25.8 Å². The SMILES string of the molecule is CCC[CH]CCCC(=O)CCN(C)C. The molecular weight excluding hydrogens is 174 g/mol.